The molecule has 3 rings (SSSR count). The Balaban J connectivity index is 1.83. The van der Waals surface area contributed by atoms with E-state index in [4.69, 9.17) is 10.5 Å². The molecule has 0 aromatic heterocycles. The lowest BCUT2D eigenvalue weighted by Gasteiger charge is -2.30. The number of fused-ring (bicyclic) bond motifs is 1. The van der Waals surface area contributed by atoms with Crippen LogP contribution < -0.4 is 10.5 Å². The molecule has 0 bridgehead atoms. The SMILES string of the molecule is NC1c2ccccc2OCC1Sc1ccc(F)cc1F. The quantitative estimate of drug-likeness (QED) is 0.920. The van der Waals surface area contributed by atoms with Crippen molar-refractivity contribution in [2.45, 2.75) is 16.2 Å². The Morgan fingerprint density at radius 3 is 2.75 bits per heavy atom. The van der Waals surface area contributed by atoms with Crippen LogP contribution in [-0.2, 0) is 0 Å². The standard InChI is InChI=1S/C15H13F2NOS/c16-9-5-6-13(11(17)7-9)20-14-8-19-12-4-2-1-3-10(12)15(14)18/h1-7,14-15H,8,18H2. The molecule has 0 aliphatic carbocycles. The zero-order valence-corrected chi connectivity index (χ0v) is 11.4. The third-order valence-corrected chi connectivity index (χ3v) is 4.57. The lowest BCUT2D eigenvalue weighted by molar-refractivity contribution is 0.276. The second kappa shape index (κ2) is 5.42. The van der Waals surface area contributed by atoms with Gasteiger partial charge in [-0.2, -0.15) is 0 Å². The van der Waals surface area contributed by atoms with Gasteiger partial charge < -0.3 is 10.5 Å². The van der Waals surface area contributed by atoms with Crippen LogP contribution in [0.4, 0.5) is 8.78 Å². The molecule has 2 aromatic rings. The van der Waals surface area contributed by atoms with Crippen LogP contribution in [0.1, 0.15) is 11.6 Å². The summed E-state index contributed by atoms with van der Waals surface area (Å²) < 4.78 is 32.2. The number of nitrogens with two attached hydrogens (primary N) is 1. The van der Waals surface area contributed by atoms with Crippen LogP contribution in [0.5, 0.6) is 5.75 Å². The summed E-state index contributed by atoms with van der Waals surface area (Å²) in [5, 5.41) is -0.107. The third kappa shape index (κ3) is 2.51. The molecule has 2 unspecified atom stereocenters. The molecule has 0 saturated carbocycles. The van der Waals surface area contributed by atoms with Gasteiger partial charge in [-0.3, -0.25) is 0 Å². The largest absolute Gasteiger partial charge is 0.492 e. The molecule has 0 fully saturated rings. The van der Waals surface area contributed by atoms with E-state index in [1.165, 1.54) is 23.9 Å². The fourth-order valence-corrected chi connectivity index (χ4v) is 3.28. The third-order valence-electron chi connectivity index (χ3n) is 3.25. The number of ether oxygens (including phenoxy) is 1. The maximum atomic E-state index is 13.7. The minimum Gasteiger partial charge on any atom is -0.492 e. The van der Waals surface area contributed by atoms with Gasteiger partial charge in [-0.25, -0.2) is 8.78 Å². The molecule has 0 saturated heterocycles. The maximum Gasteiger partial charge on any atom is 0.139 e. The zero-order chi connectivity index (χ0) is 14.1. The molecular formula is C15H13F2NOS. The summed E-state index contributed by atoms with van der Waals surface area (Å²) in [5.74, 6) is -0.376. The van der Waals surface area contributed by atoms with Gasteiger partial charge in [0, 0.05) is 22.6 Å². The summed E-state index contributed by atoms with van der Waals surface area (Å²) in [6, 6.07) is 10.9. The number of hydrogen-bond donors (Lipinski definition) is 1. The fourth-order valence-electron chi connectivity index (χ4n) is 2.20. The molecule has 1 aliphatic rings. The van der Waals surface area contributed by atoms with E-state index in [2.05, 4.69) is 0 Å². The molecule has 104 valence electrons. The second-order valence-electron chi connectivity index (χ2n) is 4.61. The van der Waals surface area contributed by atoms with E-state index in [-0.39, 0.29) is 11.3 Å². The molecule has 2 N–H and O–H groups in total. The van der Waals surface area contributed by atoms with E-state index in [1.807, 2.05) is 24.3 Å². The first-order valence-electron chi connectivity index (χ1n) is 6.24. The number of hydrogen-bond acceptors (Lipinski definition) is 3. The molecule has 2 atom stereocenters. The van der Waals surface area contributed by atoms with Crippen molar-refractivity contribution in [1.29, 1.82) is 0 Å². The van der Waals surface area contributed by atoms with Crippen molar-refractivity contribution in [3.05, 3.63) is 59.7 Å². The predicted molar refractivity (Wildman–Crippen MR) is 74.9 cm³/mol. The Labute approximate surface area is 119 Å². The molecule has 1 aliphatic heterocycles. The highest BCUT2D eigenvalue weighted by Gasteiger charge is 2.29. The van der Waals surface area contributed by atoms with Crippen molar-refractivity contribution in [3.63, 3.8) is 0 Å². The number of thioether (sulfide) groups is 1. The predicted octanol–water partition coefficient (Wildman–Crippen LogP) is 3.52. The van der Waals surface area contributed by atoms with Crippen LogP contribution in [0.25, 0.3) is 0 Å². The summed E-state index contributed by atoms with van der Waals surface area (Å²) in [5.41, 5.74) is 7.14. The topological polar surface area (TPSA) is 35.2 Å². The average Bonchev–Trinajstić information content (AvgIpc) is 2.45. The lowest BCUT2D eigenvalue weighted by atomic mass is 10.0. The number of para-hydroxylation sites is 1. The van der Waals surface area contributed by atoms with E-state index in [0.717, 1.165) is 17.4 Å². The van der Waals surface area contributed by atoms with Gasteiger partial charge in [0.15, 0.2) is 0 Å². The van der Waals surface area contributed by atoms with Crippen LogP contribution in [-0.4, -0.2) is 11.9 Å². The van der Waals surface area contributed by atoms with E-state index < -0.39 is 11.6 Å². The first kappa shape index (κ1) is 13.4. The number of halogens is 2. The monoisotopic (exact) mass is 293 g/mol. The van der Waals surface area contributed by atoms with Crippen molar-refractivity contribution in [1.82, 2.24) is 0 Å². The van der Waals surface area contributed by atoms with Crippen LogP contribution in [0.3, 0.4) is 0 Å². The summed E-state index contributed by atoms with van der Waals surface area (Å²) >= 11 is 1.28. The maximum absolute atomic E-state index is 13.7. The summed E-state index contributed by atoms with van der Waals surface area (Å²) in [6.07, 6.45) is 0. The van der Waals surface area contributed by atoms with E-state index in [9.17, 15) is 8.78 Å². The fraction of sp³-hybridized carbons (Fsp3) is 0.200. The van der Waals surface area contributed by atoms with Gasteiger partial charge in [0.2, 0.25) is 0 Å². The van der Waals surface area contributed by atoms with Crippen molar-refractivity contribution in [3.8, 4) is 5.75 Å². The van der Waals surface area contributed by atoms with Crippen LogP contribution >= 0.6 is 11.8 Å². The Kier molecular flexibility index (Phi) is 3.63. The summed E-state index contributed by atoms with van der Waals surface area (Å²) in [6.45, 7) is 0.402. The zero-order valence-electron chi connectivity index (χ0n) is 10.6. The molecule has 20 heavy (non-hydrogen) atoms. The van der Waals surface area contributed by atoms with Gasteiger partial charge in [0.05, 0.1) is 5.25 Å². The summed E-state index contributed by atoms with van der Waals surface area (Å²) in [4.78, 5) is 0.384. The van der Waals surface area contributed by atoms with E-state index >= 15 is 0 Å². The first-order valence-corrected chi connectivity index (χ1v) is 7.12. The van der Waals surface area contributed by atoms with Crippen LogP contribution in [0.2, 0.25) is 0 Å². The average molecular weight is 293 g/mol. The van der Waals surface area contributed by atoms with Crippen molar-refractivity contribution in [2.24, 2.45) is 5.73 Å². The molecule has 2 aromatic carbocycles. The Morgan fingerprint density at radius 2 is 1.95 bits per heavy atom. The first-order chi connectivity index (χ1) is 9.65. The minimum atomic E-state index is -0.582. The summed E-state index contributed by atoms with van der Waals surface area (Å²) in [7, 11) is 0. The Bertz CT molecular complexity index is 635. The van der Waals surface area contributed by atoms with Gasteiger partial charge in [0.1, 0.15) is 24.0 Å². The number of rotatable bonds is 2. The van der Waals surface area contributed by atoms with Gasteiger partial charge in [0.25, 0.3) is 0 Å². The molecular weight excluding hydrogens is 280 g/mol. The lowest BCUT2D eigenvalue weighted by Crippen LogP contribution is -2.33. The molecule has 1 heterocycles. The highest BCUT2D eigenvalue weighted by atomic mass is 32.2. The highest BCUT2D eigenvalue weighted by molar-refractivity contribution is 8.00. The Morgan fingerprint density at radius 1 is 1.15 bits per heavy atom. The van der Waals surface area contributed by atoms with Crippen molar-refractivity contribution >= 4 is 11.8 Å². The van der Waals surface area contributed by atoms with Crippen molar-refractivity contribution < 1.29 is 13.5 Å². The second-order valence-corrected chi connectivity index (χ2v) is 5.89. The molecule has 5 heteroatoms. The molecule has 0 spiro atoms. The number of benzene rings is 2. The van der Waals surface area contributed by atoms with Gasteiger partial charge in [-0.05, 0) is 18.2 Å². The smallest absolute Gasteiger partial charge is 0.139 e. The van der Waals surface area contributed by atoms with Crippen LogP contribution in [0, 0.1) is 11.6 Å². The highest BCUT2D eigenvalue weighted by Crippen LogP contribution is 2.39. The molecule has 0 amide bonds. The van der Waals surface area contributed by atoms with Gasteiger partial charge in [-0.1, -0.05) is 18.2 Å². The molecule has 2 nitrogen and oxygen atoms in total. The van der Waals surface area contributed by atoms with E-state index in [0.29, 0.717) is 11.5 Å². The minimum absolute atomic E-state index is 0.107. The normalized spacial score (nSPS) is 21.1. The Hall–Kier alpha value is -1.59. The van der Waals surface area contributed by atoms with Gasteiger partial charge in [-0.15, -0.1) is 11.8 Å². The molecule has 0 radical (unpaired) electrons. The van der Waals surface area contributed by atoms with E-state index in [1.54, 1.807) is 0 Å². The van der Waals surface area contributed by atoms with Gasteiger partial charge >= 0.3 is 0 Å². The van der Waals surface area contributed by atoms with Crippen LogP contribution in [0.15, 0.2) is 47.4 Å². The van der Waals surface area contributed by atoms with Crippen molar-refractivity contribution in [2.75, 3.05) is 6.61 Å².